The molecule has 0 aromatic heterocycles. The number of benzene rings is 1. The molecule has 1 heterocycles. The summed E-state index contributed by atoms with van der Waals surface area (Å²) in [5, 5.41) is 0.785. The zero-order chi connectivity index (χ0) is 15.4. The van der Waals surface area contributed by atoms with Crippen molar-refractivity contribution in [3.05, 3.63) is 34.9 Å². The zero-order valence-corrected chi connectivity index (χ0v) is 14.0. The number of halogens is 1. The fraction of sp³-hybridized carbons (Fsp3) is 0.632. The van der Waals surface area contributed by atoms with Crippen molar-refractivity contribution in [1.29, 1.82) is 0 Å². The molecule has 0 bridgehead atoms. The Kier molecular flexibility index (Phi) is 5.41. The van der Waals surface area contributed by atoms with Gasteiger partial charge in [-0.2, -0.15) is 0 Å². The quantitative estimate of drug-likeness (QED) is 0.749. The van der Waals surface area contributed by atoms with Gasteiger partial charge in [0.2, 0.25) is 5.91 Å². The monoisotopic (exact) mass is 319 g/mol. The van der Waals surface area contributed by atoms with E-state index >= 15 is 0 Å². The predicted molar refractivity (Wildman–Crippen MR) is 91.2 cm³/mol. The van der Waals surface area contributed by atoms with Crippen LogP contribution >= 0.6 is 11.6 Å². The van der Waals surface area contributed by atoms with Gasteiger partial charge in [-0.05, 0) is 43.4 Å². The molecule has 120 valence electrons. The van der Waals surface area contributed by atoms with E-state index in [0.717, 1.165) is 37.4 Å². The van der Waals surface area contributed by atoms with Gasteiger partial charge in [0.25, 0.3) is 0 Å². The van der Waals surface area contributed by atoms with E-state index in [1.165, 1.54) is 37.7 Å². The first-order chi connectivity index (χ1) is 10.7. The Bertz CT molecular complexity index is 493. The molecule has 1 aromatic rings. The first-order valence-corrected chi connectivity index (χ1v) is 9.16. The molecule has 1 aliphatic carbocycles. The van der Waals surface area contributed by atoms with Crippen LogP contribution in [0.4, 0.5) is 0 Å². The highest BCUT2D eigenvalue weighted by molar-refractivity contribution is 6.30. The summed E-state index contributed by atoms with van der Waals surface area (Å²) in [7, 11) is 0. The summed E-state index contributed by atoms with van der Waals surface area (Å²) < 4.78 is 0. The molecule has 3 heteroatoms. The van der Waals surface area contributed by atoms with E-state index in [1.807, 2.05) is 12.1 Å². The number of amides is 1. The lowest BCUT2D eigenvalue weighted by atomic mass is 9.88. The summed E-state index contributed by atoms with van der Waals surface area (Å²) in [5.74, 6) is 1.17. The SMILES string of the molecule is O=C(C1CCCCC1)N1CCCCC(c2ccc(Cl)cc2)C1. The molecule has 1 amide bonds. The maximum absolute atomic E-state index is 12.8. The van der Waals surface area contributed by atoms with Gasteiger partial charge in [0, 0.05) is 29.9 Å². The van der Waals surface area contributed by atoms with Crippen LogP contribution in [0.25, 0.3) is 0 Å². The van der Waals surface area contributed by atoms with Gasteiger partial charge in [-0.1, -0.05) is 49.4 Å². The van der Waals surface area contributed by atoms with Crippen molar-refractivity contribution in [2.75, 3.05) is 13.1 Å². The van der Waals surface area contributed by atoms with Crippen LogP contribution in [0.1, 0.15) is 62.8 Å². The second-order valence-corrected chi connectivity index (χ2v) is 7.30. The summed E-state index contributed by atoms with van der Waals surface area (Å²) in [6.07, 6.45) is 9.48. The molecule has 0 N–H and O–H groups in total. The lowest BCUT2D eigenvalue weighted by Gasteiger charge is -2.30. The van der Waals surface area contributed by atoms with E-state index in [2.05, 4.69) is 17.0 Å². The number of rotatable bonds is 2. The number of likely N-dealkylation sites (tertiary alicyclic amines) is 1. The standard InChI is InChI=1S/C19H26ClNO/c20-18-11-9-15(10-12-18)17-8-4-5-13-21(14-17)19(22)16-6-2-1-3-7-16/h9-12,16-17H,1-8,13-14H2. The van der Waals surface area contributed by atoms with Gasteiger partial charge in [0.1, 0.15) is 0 Å². The van der Waals surface area contributed by atoms with Gasteiger partial charge in [-0.25, -0.2) is 0 Å². The molecule has 0 radical (unpaired) electrons. The third-order valence-electron chi connectivity index (χ3n) is 5.28. The smallest absolute Gasteiger partial charge is 0.225 e. The summed E-state index contributed by atoms with van der Waals surface area (Å²) in [6, 6.07) is 8.19. The Morgan fingerprint density at radius 2 is 1.64 bits per heavy atom. The van der Waals surface area contributed by atoms with Gasteiger partial charge in [-0.15, -0.1) is 0 Å². The highest BCUT2D eigenvalue weighted by atomic mass is 35.5. The number of carbonyl (C=O) groups excluding carboxylic acids is 1. The fourth-order valence-corrected chi connectivity index (χ4v) is 4.08. The molecular formula is C19H26ClNO. The van der Waals surface area contributed by atoms with Crippen molar-refractivity contribution >= 4 is 17.5 Å². The van der Waals surface area contributed by atoms with Crippen LogP contribution in [0.5, 0.6) is 0 Å². The maximum Gasteiger partial charge on any atom is 0.225 e. The predicted octanol–water partition coefficient (Wildman–Crippen LogP) is 5.02. The van der Waals surface area contributed by atoms with Crippen LogP contribution in [0.15, 0.2) is 24.3 Å². The Balaban J connectivity index is 1.69. The molecule has 3 rings (SSSR count). The van der Waals surface area contributed by atoms with Crippen LogP contribution in [-0.4, -0.2) is 23.9 Å². The normalized spacial score (nSPS) is 24.0. The van der Waals surface area contributed by atoms with Crippen molar-refractivity contribution in [2.45, 2.75) is 57.3 Å². The Morgan fingerprint density at radius 1 is 0.955 bits per heavy atom. The van der Waals surface area contributed by atoms with Crippen LogP contribution in [-0.2, 0) is 4.79 Å². The molecule has 2 nitrogen and oxygen atoms in total. The number of nitrogens with zero attached hydrogens (tertiary/aromatic N) is 1. The van der Waals surface area contributed by atoms with E-state index in [-0.39, 0.29) is 5.92 Å². The van der Waals surface area contributed by atoms with Crippen LogP contribution < -0.4 is 0 Å². The van der Waals surface area contributed by atoms with Crippen molar-refractivity contribution in [2.24, 2.45) is 5.92 Å². The summed E-state index contributed by atoms with van der Waals surface area (Å²) >= 11 is 6.00. The molecule has 1 saturated carbocycles. The van der Waals surface area contributed by atoms with Gasteiger partial charge < -0.3 is 4.90 Å². The highest BCUT2D eigenvalue weighted by Gasteiger charge is 2.29. The summed E-state index contributed by atoms with van der Waals surface area (Å²) in [4.78, 5) is 15.0. The Hall–Kier alpha value is -1.02. The van der Waals surface area contributed by atoms with E-state index in [4.69, 9.17) is 11.6 Å². The van der Waals surface area contributed by atoms with Gasteiger partial charge >= 0.3 is 0 Å². The second kappa shape index (κ2) is 7.50. The molecule has 1 unspecified atom stereocenters. The Labute approximate surface area is 138 Å². The van der Waals surface area contributed by atoms with Gasteiger partial charge in [0.05, 0.1) is 0 Å². The van der Waals surface area contributed by atoms with Crippen LogP contribution in [0, 0.1) is 5.92 Å². The fourth-order valence-electron chi connectivity index (χ4n) is 3.96. The zero-order valence-electron chi connectivity index (χ0n) is 13.3. The average Bonchev–Trinajstić information content (AvgIpc) is 2.82. The van der Waals surface area contributed by atoms with E-state index in [9.17, 15) is 4.79 Å². The topological polar surface area (TPSA) is 20.3 Å². The molecule has 1 aliphatic heterocycles. The molecule has 2 fully saturated rings. The average molecular weight is 320 g/mol. The first kappa shape index (κ1) is 15.9. The highest BCUT2D eigenvalue weighted by Crippen LogP contribution is 2.30. The molecule has 2 aliphatic rings. The number of hydrogen-bond donors (Lipinski definition) is 0. The lowest BCUT2D eigenvalue weighted by molar-refractivity contribution is -0.136. The number of carbonyl (C=O) groups is 1. The largest absolute Gasteiger partial charge is 0.342 e. The minimum absolute atomic E-state index is 0.290. The van der Waals surface area contributed by atoms with E-state index in [0.29, 0.717) is 11.8 Å². The lowest BCUT2D eigenvalue weighted by Crippen LogP contribution is -2.39. The second-order valence-electron chi connectivity index (χ2n) is 6.86. The first-order valence-electron chi connectivity index (χ1n) is 8.78. The minimum atomic E-state index is 0.290. The third-order valence-corrected chi connectivity index (χ3v) is 5.53. The molecule has 1 aromatic carbocycles. The Morgan fingerprint density at radius 3 is 2.36 bits per heavy atom. The van der Waals surface area contributed by atoms with Crippen molar-refractivity contribution in [3.63, 3.8) is 0 Å². The van der Waals surface area contributed by atoms with Crippen molar-refractivity contribution < 1.29 is 4.79 Å². The number of hydrogen-bond acceptors (Lipinski definition) is 1. The summed E-state index contributed by atoms with van der Waals surface area (Å²) in [5.41, 5.74) is 1.33. The summed E-state index contributed by atoms with van der Waals surface area (Å²) in [6.45, 7) is 1.83. The van der Waals surface area contributed by atoms with Gasteiger partial charge in [0.15, 0.2) is 0 Å². The molecule has 1 atom stereocenters. The van der Waals surface area contributed by atoms with E-state index in [1.54, 1.807) is 0 Å². The van der Waals surface area contributed by atoms with Crippen LogP contribution in [0.3, 0.4) is 0 Å². The molecule has 0 spiro atoms. The van der Waals surface area contributed by atoms with E-state index < -0.39 is 0 Å². The van der Waals surface area contributed by atoms with Crippen molar-refractivity contribution in [3.8, 4) is 0 Å². The maximum atomic E-state index is 12.8. The molecular weight excluding hydrogens is 294 g/mol. The third kappa shape index (κ3) is 3.84. The van der Waals surface area contributed by atoms with Crippen molar-refractivity contribution in [1.82, 2.24) is 4.90 Å². The molecule has 22 heavy (non-hydrogen) atoms. The van der Waals surface area contributed by atoms with Crippen LogP contribution in [0.2, 0.25) is 5.02 Å². The van der Waals surface area contributed by atoms with Gasteiger partial charge in [-0.3, -0.25) is 4.79 Å². The molecule has 1 saturated heterocycles. The minimum Gasteiger partial charge on any atom is -0.342 e.